The molecule has 0 aromatic carbocycles. The molecule has 0 bridgehead atoms. The number of carbonyl (C=O) groups excluding carboxylic acids is 1. The number of nitrogens with two attached hydrogens (primary N) is 1. The van der Waals surface area contributed by atoms with Gasteiger partial charge in [-0.15, -0.1) is 24.8 Å². The quantitative estimate of drug-likeness (QED) is 0.795. The van der Waals surface area contributed by atoms with Crippen LogP contribution in [0.5, 0.6) is 0 Å². The lowest BCUT2D eigenvalue weighted by molar-refractivity contribution is -0.126. The van der Waals surface area contributed by atoms with Crippen molar-refractivity contribution in [1.29, 1.82) is 0 Å². The minimum atomic E-state index is -0.592. The maximum absolute atomic E-state index is 11.9. The Hall–Kier alpha value is -0.0700. The first-order valence-electron chi connectivity index (χ1n) is 6.58. The summed E-state index contributed by atoms with van der Waals surface area (Å²) in [6.45, 7) is 5.11. The highest BCUT2D eigenvalue weighted by atomic mass is 35.5. The van der Waals surface area contributed by atoms with Crippen molar-refractivity contribution in [2.75, 3.05) is 39.4 Å². The van der Waals surface area contributed by atoms with Gasteiger partial charge in [-0.05, 0) is 12.8 Å². The summed E-state index contributed by atoms with van der Waals surface area (Å²) in [5, 5.41) is 2.97. The Balaban J connectivity index is 0.00000162. The molecule has 2 rings (SSSR count). The van der Waals surface area contributed by atoms with E-state index < -0.39 is 5.54 Å². The van der Waals surface area contributed by atoms with Gasteiger partial charge in [0.2, 0.25) is 5.91 Å². The Bertz CT molecular complexity index is 268. The van der Waals surface area contributed by atoms with Crippen molar-refractivity contribution < 1.29 is 9.53 Å². The van der Waals surface area contributed by atoms with Crippen LogP contribution in [0.1, 0.15) is 25.7 Å². The van der Waals surface area contributed by atoms with Gasteiger partial charge in [-0.2, -0.15) is 0 Å². The average Bonchev–Trinajstić information content (AvgIpc) is 2.79. The molecule has 0 radical (unpaired) electrons. The zero-order valence-corrected chi connectivity index (χ0v) is 12.9. The Morgan fingerprint density at radius 3 is 2.37 bits per heavy atom. The molecule has 0 aromatic rings. The number of nitrogens with zero attached hydrogens (tertiary/aromatic N) is 1. The van der Waals surface area contributed by atoms with Gasteiger partial charge < -0.3 is 15.8 Å². The van der Waals surface area contributed by atoms with Crippen LogP contribution in [0, 0.1) is 0 Å². The van der Waals surface area contributed by atoms with Crippen LogP contribution in [0.3, 0.4) is 0 Å². The van der Waals surface area contributed by atoms with Crippen molar-refractivity contribution >= 4 is 30.7 Å². The Labute approximate surface area is 127 Å². The molecule has 1 saturated heterocycles. The summed E-state index contributed by atoms with van der Waals surface area (Å²) in [5.74, 6) is 0.0308. The van der Waals surface area contributed by atoms with E-state index >= 15 is 0 Å². The van der Waals surface area contributed by atoms with E-state index in [1.807, 2.05) is 0 Å². The normalized spacial score (nSPS) is 22.2. The van der Waals surface area contributed by atoms with Crippen molar-refractivity contribution in [2.45, 2.75) is 31.2 Å². The molecule has 1 saturated carbocycles. The number of nitrogens with one attached hydrogen (secondary N) is 1. The molecule has 0 atom stereocenters. The molecule has 2 aliphatic rings. The number of morpholine rings is 1. The van der Waals surface area contributed by atoms with Crippen LogP contribution >= 0.6 is 24.8 Å². The number of rotatable bonds is 4. The van der Waals surface area contributed by atoms with Gasteiger partial charge >= 0.3 is 0 Å². The number of amides is 1. The topological polar surface area (TPSA) is 67.6 Å². The molecular formula is C12H25Cl2N3O2. The molecule has 7 heteroatoms. The predicted octanol–water partition coefficient (Wildman–Crippen LogP) is 0.550. The van der Waals surface area contributed by atoms with Crippen LogP contribution in [-0.2, 0) is 9.53 Å². The van der Waals surface area contributed by atoms with E-state index in [4.69, 9.17) is 10.5 Å². The monoisotopic (exact) mass is 313 g/mol. The van der Waals surface area contributed by atoms with E-state index in [0.29, 0.717) is 6.54 Å². The van der Waals surface area contributed by atoms with Crippen LogP contribution in [-0.4, -0.2) is 55.7 Å². The third kappa shape index (κ3) is 5.44. The molecule has 1 heterocycles. The maximum atomic E-state index is 11.9. The van der Waals surface area contributed by atoms with Crippen molar-refractivity contribution in [3.8, 4) is 0 Å². The number of carbonyl (C=O) groups is 1. The molecule has 114 valence electrons. The first-order chi connectivity index (χ1) is 8.21. The second-order valence-electron chi connectivity index (χ2n) is 5.07. The minimum absolute atomic E-state index is 0. The first-order valence-corrected chi connectivity index (χ1v) is 6.58. The molecule has 5 nitrogen and oxygen atoms in total. The standard InChI is InChI=1S/C12H23N3O2.2ClH/c13-12(3-1-2-4-12)11(16)14-5-6-15-7-9-17-10-8-15;;/h1-10,13H2,(H,14,16);2*1H. The second kappa shape index (κ2) is 8.97. The molecule has 19 heavy (non-hydrogen) atoms. The number of halogens is 2. The van der Waals surface area contributed by atoms with Gasteiger partial charge in [-0.3, -0.25) is 9.69 Å². The summed E-state index contributed by atoms with van der Waals surface area (Å²) >= 11 is 0. The summed E-state index contributed by atoms with van der Waals surface area (Å²) in [6, 6.07) is 0. The van der Waals surface area contributed by atoms with Gasteiger partial charge in [0.05, 0.1) is 18.8 Å². The van der Waals surface area contributed by atoms with E-state index in [-0.39, 0.29) is 30.7 Å². The van der Waals surface area contributed by atoms with E-state index in [2.05, 4.69) is 10.2 Å². The number of hydrogen-bond acceptors (Lipinski definition) is 4. The maximum Gasteiger partial charge on any atom is 0.240 e. The fourth-order valence-electron chi connectivity index (χ4n) is 2.56. The van der Waals surface area contributed by atoms with Crippen LogP contribution < -0.4 is 11.1 Å². The van der Waals surface area contributed by atoms with Gasteiger partial charge in [-0.1, -0.05) is 12.8 Å². The lowest BCUT2D eigenvalue weighted by Crippen LogP contribution is -2.53. The zero-order valence-electron chi connectivity index (χ0n) is 11.2. The highest BCUT2D eigenvalue weighted by Crippen LogP contribution is 2.26. The van der Waals surface area contributed by atoms with E-state index in [9.17, 15) is 4.79 Å². The fraction of sp³-hybridized carbons (Fsp3) is 0.917. The van der Waals surface area contributed by atoms with Gasteiger partial charge in [0.1, 0.15) is 0 Å². The largest absolute Gasteiger partial charge is 0.379 e. The van der Waals surface area contributed by atoms with E-state index in [1.54, 1.807) is 0 Å². The van der Waals surface area contributed by atoms with Crippen LogP contribution in [0.2, 0.25) is 0 Å². The summed E-state index contributed by atoms with van der Waals surface area (Å²) in [4.78, 5) is 14.2. The first kappa shape index (κ1) is 18.9. The Morgan fingerprint density at radius 2 is 1.79 bits per heavy atom. The molecule has 1 amide bonds. The second-order valence-corrected chi connectivity index (χ2v) is 5.07. The number of ether oxygens (including phenoxy) is 1. The van der Waals surface area contributed by atoms with Crippen molar-refractivity contribution in [1.82, 2.24) is 10.2 Å². The molecule has 2 fully saturated rings. The number of hydrogen-bond donors (Lipinski definition) is 2. The lowest BCUT2D eigenvalue weighted by Gasteiger charge is -2.27. The summed E-state index contributed by atoms with van der Waals surface area (Å²) in [7, 11) is 0. The third-order valence-corrected chi connectivity index (χ3v) is 3.77. The highest BCUT2D eigenvalue weighted by Gasteiger charge is 2.36. The smallest absolute Gasteiger partial charge is 0.240 e. The molecule has 1 aliphatic heterocycles. The van der Waals surface area contributed by atoms with E-state index in [0.717, 1.165) is 58.5 Å². The Kier molecular flexibility index (Phi) is 8.94. The van der Waals surface area contributed by atoms with Crippen molar-refractivity contribution in [3.63, 3.8) is 0 Å². The summed E-state index contributed by atoms with van der Waals surface area (Å²) in [5.41, 5.74) is 5.48. The lowest BCUT2D eigenvalue weighted by atomic mass is 9.98. The minimum Gasteiger partial charge on any atom is -0.379 e. The van der Waals surface area contributed by atoms with Crippen LogP contribution in [0.25, 0.3) is 0 Å². The molecule has 0 spiro atoms. The molecular weight excluding hydrogens is 289 g/mol. The average molecular weight is 314 g/mol. The van der Waals surface area contributed by atoms with Crippen LogP contribution in [0.4, 0.5) is 0 Å². The van der Waals surface area contributed by atoms with Gasteiger partial charge in [-0.25, -0.2) is 0 Å². The third-order valence-electron chi connectivity index (χ3n) is 3.77. The molecule has 0 unspecified atom stereocenters. The van der Waals surface area contributed by atoms with Crippen molar-refractivity contribution in [2.24, 2.45) is 5.73 Å². The van der Waals surface area contributed by atoms with Crippen molar-refractivity contribution in [3.05, 3.63) is 0 Å². The highest BCUT2D eigenvalue weighted by molar-refractivity contribution is 5.86. The summed E-state index contributed by atoms with van der Waals surface area (Å²) < 4.78 is 5.28. The van der Waals surface area contributed by atoms with Crippen LogP contribution in [0.15, 0.2) is 0 Å². The predicted molar refractivity (Wildman–Crippen MR) is 80.2 cm³/mol. The zero-order chi connectivity index (χ0) is 12.1. The van der Waals surface area contributed by atoms with Gasteiger partial charge in [0.25, 0.3) is 0 Å². The Morgan fingerprint density at radius 1 is 1.21 bits per heavy atom. The summed E-state index contributed by atoms with van der Waals surface area (Å²) in [6.07, 6.45) is 3.81. The molecule has 1 aliphatic carbocycles. The van der Waals surface area contributed by atoms with Gasteiger partial charge in [0.15, 0.2) is 0 Å². The fourth-order valence-corrected chi connectivity index (χ4v) is 2.56. The molecule has 3 N–H and O–H groups in total. The SMILES string of the molecule is Cl.Cl.NC1(C(=O)NCCN2CCOCC2)CCCC1. The molecule has 0 aromatic heterocycles. The van der Waals surface area contributed by atoms with Gasteiger partial charge in [0, 0.05) is 26.2 Å². The van der Waals surface area contributed by atoms with E-state index in [1.165, 1.54) is 0 Å².